The molecule has 3 heteroatoms. The molecule has 0 aromatic heterocycles. The van der Waals surface area contributed by atoms with Crippen molar-refractivity contribution >= 4 is 12.0 Å². The second kappa shape index (κ2) is 7.25. The molecule has 0 heterocycles. The second-order valence-corrected chi connectivity index (χ2v) is 5.59. The van der Waals surface area contributed by atoms with Gasteiger partial charge in [0.25, 0.3) is 0 Å². The molecule has 2 atom stereocenters. The number of amides is 1. The highest BCUT2D eigenvalue weighted by Crippen LogP contribution is 2.23. The van der Waals surface area contributed by atoms with Gasteiger partial charge in [-0.15, -0.1) is 0 Å². The first-order valence-electron chi connectivity index (χ1n) is 7.35. The number of rotatable bonds is 4. The van der Waals surface area contributed by atoms with Crippen LogP contribution >= 0.6 is 0 Å². The highest BCUT2D eigenvalue weighted by Gasteiger charge is 2.25. The Morgan fingerprint density at radius 1 is 1.40 bits per heavy atom. The number of aliphatic hydroxyl groups excluding tert-OH is 1. The van der Waals surface area contributed by atoms with Crippen LogP contribution in [0.3, 0.4) is 0 Å². The molecule has 2 unspecified atom stereocenters. The van der Waals surface area contributed by atoms with Gasteiger partial charge >= 0.3 is 0 Å². The number of hydrogen-bond acceptors (Lipinski definition) is 2. The lowest BCUT2D eigenvalue weighted by Gasteiger charge is -2.30. The molecule has 0 aliphatic heterocycles. The van der Waals surface area contributed by atoms with E-state index in [2.05, 4.69) is 5.32 Å². The van der Waals surface area contributed by atoms with Crippen molar-refractivity contribution in [1.29, 1.82) is 0 Å². The van der Waals surface area contributed by atoms with E-state index in [-0.39, 0.29) is 24.5 Å². The molecule has 0 spiro atoms. The Kier molecular flexibility index (Phi) is 5.36. The molecule has 1 aromatic carbocycles. The summed E-state index contributed by atoms with van der Waals surface area (Å²) in [7, 11) is 0. The van der Waals surface area contributed by atoms with E-state index in [4.69, 9.17) is 0 Å². The molecule has 0 bridgehead atoms. The molecule has 108 valence electrons. The second-order valence-electron chi connectivity index (χ2n) is 5.59. The first-order chi connectivity index (χ1) is 9.69. The quantitative estimate of drug-likeness (QED) is 0.829. The number of nitrogens with one attached hydrogen (secondary N) is 1. The maximum absolute atomic E-state index is 12.0. The van der Waals surface area contributed by atoms with Gasteiger partial charge in [-0.1, -0.05) is 42.7 Å². The van der Waals surface area contributed by atoms with Crippen molar-refractivity contribution in [2.45, 2.75) is 38.6 Å². The molecule has 1 fully saturated rings. The smallest absolute Gasteiger partial charge is 0.244 e. The van der Waals surface area contributed by atoms with Crippen LogP contribution in [0.2, 0.25) is 0 Å². The molecule has 2 rings (SSSR count). The molecule has 1 aliphatic carbocycles. The summed E-state index contributed by atoms with van der Waals surface area (Å²) in [6.45, 7) is 2.19. The van der Waals surface area contributed by atoms with Crippen molar-refractivity contribution in [3.8, 4) is 0 Å². The van der Waals surface area contributed by atoms with Crippen molar-refractivity contribution in [3.63, 3.8) is 0 Å². The summed E-state index contributed by atoms with van der Waals surface area (Å²) >= 11 is 0. The zero-order chi connectivity index (χ0) is 14.4. The van der Waals surface area contributed by atoms with Crippen LogP contribution in [0.5, 0.6) is 0 Å². The molecule has 1 saturated carbocycles. The predicted octanol–water partition coefficient (Wildman–Crippen LogP) is 2.68. The Hall–Kier alpha value is -1.61. The third kappa shape index (κ3) is 4.20. The highest BCUT2D eigenvalue weighted by atomic mass is 16.3. The standard InChI is InChI=1S/C17H23NO2/c1-13-5-4-6-14(11-13)9-10-17(20)18-16-8-3-2-7-15(16)12-19/h4-6,9-11,15-16,19H,2-3,7-8,12H2,1H3,(H,18,20)/b10-9+. The molecule has 2 N–H and O–H groups in total. The van der Waals surface area contributed by atoms with E-state index in [0.717, 1.165) is 31.2 Å². The molecule has 20 heavy (non-hydrogen) atoms. The molecule has 0 radical (unpaired) electrons. The minimum Gasteiger partial charge on any atom is -0.396 e. The van der Waals surface area contributed by atoms with Gasteiger partial charge in [-0.3, -0.25) is 4.79 Å². The molecule has 1 aromatic rings. The van der Waals surface area contributed by atoms with E-state index >= 15 is 0 Å². The molecular formula is C17H23NO2. The average molecular weight is 273 g/mol. The minimum absolute atomic E-state index is 0.0724. The largest absolute Gasteiger partial charge is 0.396 e. The zero-order valence-corrected chi connectivity index (χ0v) is 12.0. The first-order valence-corrected chi connectivity index (χ1v) is 7.35. The van der Waals surface area contributed by atoms with Gasteiger partial charge in [0.05, 0.1) is 0 Å². The van der Waals surface area contributed by atoms with E-state index in [1.165, 1.54) is 5.56 Å². The van der Waals surface area contributed by atoms with Crippen LogP contribution < -0.4 is 5.32 Å². The lowest BCUT2D eigenvalue weighted by Crippen LogP contribution is -2.42. The summed E-state index contributed by atoms with van der Waals surface area (Å²) in [4.78, 5) is 12.0. The summed E-state index contributed by atoms with van der Waals surface area (Å²) in [6.07, 6.45) is 7.66. The average Bonchev–Trinajstić information content (AvgIpc) is 2.46. The molecule has 0 saturated heterocycles. The number of hydrogen-bond donors (Lipinski definition) is 2. The van der Waals surface area contributed by atoms with E-state index in [0.29, 0.717) is 0 Å². The van der Waals surface area contributed by atoms with Gasteiger partial charge in [-0.25, -0.2) is 0 Å². The lowest BCUT2D eigenvalue weighted by atomic mass is 9.85. The van der Waals surface area contributed by atoms with Crippen molar-refractivity contribution in [1.82, 2.24) is 5.32 Å². The first kappa shape index (κ1) is 14.8. The maximum Gasteiger partial charge on any atom is 0.244 e. The van der Waals surface area contributed by atoms with Crippen molar-refractivity contribution in [2.75, 3.05) is 6.61 Å². The van der Waals surface area contributed by atoms with Gasteiger partial charge in [0.1, 0.15) is 0 Å². The number of benzene rings is 1. The fourth-order valence-electron chi connectivity index (χ4n) is 2.79. The Bertz CT molecular complexity index is 482. The van der Waals surface area contributed by atoms with E-state index in [1.54, 1.807) is 6.08 Å². The topological polar surface area (TPSA) is 49.3 Å². The summed E-state index contributed by atoms with van der Waals surface area (Å²) < 4.78 is 0. The third-order valence-electron chi connectivity index (χ3n) is 3.94. The molecule has 1 aliphatic rings. The Morgan fingerprint density at radius 3 is 2.95 bits per heavy atom. The number of carbonyl (C=O) groups is 1. The van der Waals surface area contributed by atoms with Crippen LogP contribution in [0.1, 0.15) is 36.8 Å². The van der Waals surface area contributed by atoms with Crippen molar-refractivity contribution in [2.24, 2.45) is 5.92 Å². The number of aliphatic hydroxyl groups is 1. The fraction of sp³-hybridized carbons (Fsp3) is 0.471. The van der Waals surface area contributed by atoms with Gasteiger partial charge in [0, 0.05) is 24.6 Å². The fourth-order valence-corrected chi connectivity index (χ4v) is 2.79. The van der Waals surface area contributed by atoms with E-state index in [9.17, 15) is 9.90 Å². The van der Waals surface area contributed by atoms with Crippen LogP contribution in [0.15, 0.2) is 30.3 Å². The summed E-state index contributed by atoms with van der Waals surface area (Å²) in [5.41, 5.74) is 2.21. The monoisotopic (exact) mass is 273 g/mol. The van der Waals surface area contributed by atoms with E-state index < -0.39 is 0 Å². The SMILES string of the molecule is Cc1cccc(/C=C/C(=O)NC2CCCCC2CO)c1. The van der Waals surface area contributed by atoms with Gasteiger partial charge in [-0.05, 0) is 31.4 Å². The minimum atomic E-state index is -0.0724. The Balaban J connectivity index is 1.91. The summed E-state index contributed by atoms with van der Waals surface area (Å²) in [5.74, 6) is 0.136. The van der Waals surface area contributed by atoms with Crippen molar-refractivity contribution < 1.29 is 9.90 Å². The Morgan fingerprint density at radius 2 is 2.20 bits per heavy atom. The molecule has 1 amide bonds. The Labute approximate surface area is 120 Å². The lowest BCUT2D eigenvalue weighted by molar-refractivity contribution is -0.117. The van der Waals surface area contributed by atoms with Crippen LogP contribution in [0.4, 0.5) is 0 Å². The van der Waals surface area contributed by atoms with Gasteiger partial charge < -0.3 is 10.4 Å². The van der Waals surface area contributed by atoms with E-state index in [1.807, 2.05) is 37.3 Å². The number of carbonyl (C=O) groups excluding carboxylic acids is 1. The molecular weight excluding hydrogens is 250 g/mol. The van der Waals surface area contributed by atoms with Crippen LogP contribution in [0, 0.1) is 12.8 Å². The summed E-state index contributed by atoms with van der Waals surface area (Å²) in [5, 5.41) is 12.4. The highest BCUT2D eigenvalue weighted by molar-refractivity contribution is 5.91. The number of aryl methyl sites for hydroxylation is 1. The zero-order valence-electron chi connectivity index (χ0n) is 12.0. The van der Waals surface area contributed by atoms with Crippen LogP contribution in [0.25, 0.3) is 6.08 Å². The van der Waals surface area contributed by atoms with Gasteiger partial charge in [0.2, 0.25) is 5.91 Å². The van der Waals surface area contributed by atoms with Crippen LogP contribution in [-0.4, -0.2) is 23.7 Å². The maximum atomic E-state index is 12.0. The van der Waals surface area contributed by atoms with Crippen molar-refractivity contribution in [3.05, 3.63) is 41.5 Å². The molecule has 3 nitrogen and oxygen atoms in total. The third-order valence-corrected chi connectivity index (χ3v) is 3.94. The predicted molar refractivity (Wildman–Crippen MR) is 81.2 cm³/mol. The van der Waals surface area contributed by atoms with Gasteiger partial charge in [0.15, 0.2) is 0 Å². The van der Waals surface area contributed by atoms with Crippen LogP contribution in [-0.2, 0) is 4.79 Å². The normalized spacial score (nSPS) is 22.9. The summed E-state index contributed by atoms with van der Waals surface area (Å²) in [6, 6.07) is 8.15. The van der Waals surface area contributed by atoms with Gasteiger partial charge in [-0.2, -0.15) is 0 Å².